The molecular formula is C6H8F6. The molecule has 0 unspecified atom stereocenters. The van der Waals surface area contributed by atoms with Crippen molar-refractivity contribution in [2.45, 2.75) is 38.0 Å². The van der Waals surface area contributed by atoms with Crippen LogP contribution in [0, 0.1) is 0 Å². The summed E-state index contributed by atoms with van der Waals surface area (Å²) in [4.78, 5) is 0. The average Bonchev–Trinajstić information content (AvgIpc) is 1.84. The molecule has 0 amide bonds. The van der Waals surface area contributed by atoms with Crippen LogP contribution in [0.2, 0.25) is 0 Å². The molecule has 0 rings (SSSR count). The predicted molar refractivity (Wildman–Crippen MR) is 30.8 cm³/mol. The van der Waals surface area contributed by atoms with Crippen molar-refractivity contribution in [3.8, 4) is 0 Å². The maximum absolute atomic E-state index is 12.2. The second-order valence-corrected chi connectivity index (χ2v) is 2.40. The molecule has 0 radical (unpaired) electrons. The highest BCUT2D eigenvalue weighted by Gasteiger charge is 2.45. The molecule has 0 aliphatic carbocycles. The van der Waals surface area contributed by atoms with E-state index in [0.717, 1.165) is 6.92 Å². The Labute approximate surface area is 65.6 Å². The van der Waals surface area contributed by atoms with Crippen LogP contribution < -0.4 is 0 Å². The van der Waals surface area contributed by atoms with E-state index in [2.05, 4.69) is 0 Å². The molecule has 0 aromatic rings. The van der Waals surface area contributed by atoms with Crippen molar-refractivity contribution >= 4 is 0 Å². The van der Waals surface area contributed by atoms with E-state index in [0.29, 0.717) is 0 Å². The lowest BCUT2D eigenvalue weighted by Gasteiger charge is -2.19. The topological polar surface area (TPSA) is 0 Å². The fraction of sp³-hybridized carbons (Fsp3) is 1.00. The normalized spacial score (nSPS) is 16.2. The molecule has 0 heterocycles. The lowest BCUT2D eigenvalue weighted by molar-refractivity contribution is -0.177. The Hall–Kier alpha value is -0.420. The third-order valence-corrected chi connectivity index (χ3v) is 1.34. The van der Waals surface area contributed by atoms with Crippen LogP contribution in [-0.2, 0) is 0 Å². The molecule has 0 nitrogen and oxygen atoms in total. The van der Waals surface area contributed by atoms with E-state index < -0.39 is 31.1 Å². The zero-order valence-corrected chi connectivity index (χ0v) is 6.26. The monoisotopic (exact) mass is 194 g/mol. The molecule has 0 saturated heterocycles. The van der Waals surface area contributed by atoms with Crippen molar-refractivity contribution < 1.29 is 26.3 Å². The first-order chi connectivity index (χ1) is 5.19. The summed E-state index contributed by atoms with van der Waals surface area (Å²) in [6.45, 7) is 0.933. The largest absolute Gasteiger partial charge is 0.392 e. The molecule has 0 N–H and O–H groups in total. The van der Waals surface area contributed by atoms with Crippen molar-refractivity contribution in [3.05, 3.63) is 0 Å². The van der Waals surface area contributed by atoms with E-state index in [9.17, 15) is 26.3 Å². The summed E-state index contributed by atoms with van der Waals surface area (Å²) in [5.74, 6) is -3.88. The predicted octanol–water partition coefficient (Wildman–Crippen LogP) is 3.32. The molecule has 0 spiro atoms. The van der Waals surface area contributed by atoms with Gasteiger partial charge >= 0.3 is 6.18 Å². The average molecular weight is 194 g/mol. The van der Waals surface area contributed by atoms with Gasteiger partial charge in [-0.25, -0.2) is 13.2 Å². The standard InChI is InChI=1S/C6H8F6/c1-2-5(8,9)4(7)3-6(10,11)12/h4H,2-3H2,1H3/t4-/m0/s1. The van der Waals surface area contributed by atoms with Gasteiger partial charge in [0.25, 0.3) is 5.92 Å². The minimum Gasteiger partial charge on any atom is -0.240 e. The van der Waals surface area contributed by atoms with Crippen molar-refractivity contribution in [2.24, 2.45) is 0 Å². The van der Waals surface area contributed by atoms with Crippen molar-refractivity contribution in [1.82, 2.24) is 0 Å². The molecule has 0 aliphatic rings. The van der Waals surface area contributed by atoms with Gasteiger partial charge < -0.3 is 0 Å². The number of hydrogen-bond donors (Lipinski definition) is 0. The van der Waals surface area contributed by atoms with E-state index in [1.165, 1.54) is 0 Å². The summed E-state index contributed by atoms with van der Waals surface area (Å²) in [6, 6.07) is 0. The lowest BCUT2D eigenvalue weighted by Crippen LogP contribution is -2.33. The number of hydrogen-bond acceptors (Lipinski definition) is 0. The van der Waals surface area contributed by atoms with Gasteiger partial charge in [0, 0.05) is 6.42 Å². The molecular weight excluding hydrogens is 186 g/mol. The van der Waals surface area contributed by atoms with Gasteiger partial charge in [-0.2, -0.15) is 13.2 Å². The molecule has 0 aliphatic heterocycles. The summed E-state index contributed by atoms with van der Waals surface area (Å²) >= 11 is 0. The molecule has 0 saturated carbocycles. The van der Waals surface area contributed by atoms with Crippen molar-refractivity contribution in [1.29, 1.82) is 0 Å². The van der Waals surface area contributed by atoms with Crippen LogP contribution in [0.1, 0.15) is 19.8 Å². The fourth-order valence-electron chi connectivity index (χ4n) is 0.574. The molecule has 0 aromatic heterocycles. The van der Waals surface area contributed by atoms with Gasteiger partial charge in [-0.15, -0.1) is 0 Å². The second-order valence-electron chi connectivity index (χ2n) is 2.40. The Bertz CT molecular complexity index is 137. The smallest absolute Gasteiger partial charge is 0.240 e. The zero-order chi connectivity index (χ0) is 9.99. The maximum atomic E-state index is 12.2. The Morgan fingerprint density at radius 1 is 1.08 bits per heavy atom. The SMILES string of the molecule is CCC(F)(F)[C@@H](F)CC(F)(F)F. The van der Waals surface area contributed by atoms with Gasteiger partial charge in [-0.3, -0.25) is 0 Å². The van der Waals surface area contributed by atoms with Crippen LogP contribution in [-0.4, -0.2) is 18.3 Å². The molecule has 0 fully saturated rings. The quantitative estimate of drug-likeness (QED) is 0.604. The van der Waals surface area contributed by atoms with Crippen LogP contribution in [0.25, 0.3) is 0 Å². The molecule has 0 bridgehead atoms. The first kappa shape index (κ1) is 11.6. The van der Waals surface area contributed by atoms with Gasteiger partial charge in [0.15, 0.2) is 6.17 Å². The van der Waals surface area contributed by atoms with Gasteiger partial charge in [0.1, 0.15) is 0 Å². The minimum absolute atomic E-state index is 0.926. The van der Waals surface area contributed by atoms with Gasteiger partial charge in [-0.05, 0) is 0 Å². The molecule has 1 atom stereocenters. The Balaban J connectivity index is 4.13. The summed E-state index contributed by atoms with van der Waals surface area (Å²) in [7, 11) is 0. The minimum atomic E-state index is -4.88. The van der Waals surface area contributed by atoms with E-state index in [-0.39, 0.29) is 0 Å². The summed E-state index contributed by atoms with van der Waals surface area (Å²) < 4.78 is 70.8. The van der Waals surface area contributed by atoms with Gasteiger partial charge in [-0.1, -0.05) is 6.92 Å². The highest BCUT2D eigenvalue weighted by Crippen LogP contribution is 2.33. The Morgan fingerprint density at radius 3 is 1.75 bits per heavy atom. The van der Waals surface area contributed by atoms with Crippen molar-refractivity contribution in [3.63, 3.8) is 0 Å². The summed E-state index contributed by atoms with van der Waals surface area (Å²) in [6.07, 6.45) is -11.0. The van der Waals surface area contributed by atoms with E-state index >= 15 is 0 Å². The molecule has 74 valence electrons. The highest BCUT2D eigenvalue weighted by molar-refractivity contribution is 4.77. The van der Waals surface area contributed by atoms with E-state index in [4.69, 9.17) is 0 Å². The first-order valence-corrected chi connectivity index (χ1v) is 3.27. The van der Waals surface area contributed by atoms with E-state index in [1.807, 2.05) is 0 Å². The van der Waals surface area contributed by atoms with Crippen LogP contribution in [0.5, 0.6) is 0 Å². The molecule has 6 heteroatoms. The van der Waals surface area contributed by atoms with Crippen molar-refractivity contribution in [2.75, 3.05) is 0 Å². The maximum Gasteiger partial charge on any atom is 0.392 e. The number of halogens is 6. The van der Waals surface area contributed by atoms with Crippen LogP contribution in [0.15, 0.2) is 0 Å². The third kappa shape index (κ3) is 3.82. The van der Waals surface area contributed by atoms with Crippen LogP contribution >= 0.6 is 0 Å². The van der Waals surface area contributed by atoms with Crippen LogP contribution in [0.3, 0.4) is 0 Å². The Kier molecular flexibility index (Phi) is 3.41. The molecule has 0 aromatic carbocycles. The number of alkyl halides is 6. The lowest BCUT2D eigenvalue weighted by atomic mass is 10.1. The van der Waals surface area contributed by atoms with Gasteiger partial charge in [0.2, 0.25) is 0 Å². The summed E-state index contributed by atoms with van der Waals surface area (Å²) in [5, 5.41) is 0. The second kappa shape index (κ2) is 3.53. The molecule has 12 heavy (non-hydrogen) atoms. The third-order valence-electron chi connectivity index (χ3n) is 1.34. The van der Waals surface area contributed by atoms with Crippen LogP contribution in [0.4, 0.5) is 26.3 Å². The first-order valence-electron chi connectivity index (χ1n) is 3.27. The Morgan fingerprint density at radius 2 is 1.50 bits per heavy atom. The number of rotatable bonds is 3. The van der Waals surface area contributed by atoms with Gasteiger partial charge in [0.05, 0.1) is 6.42 Å². The zero-order valence-electron chi connectivity index (χ0n) is 6.26. The summed E-state index contributed by atoms with van der Waals surface area (Å²) in [5.41, 5.74) is 0. The fourth-order valence-corrected chi connectivity index (χ4v) is 0.574. The van der Waals surface area contributed by atoms with E-state index in [1.54, 1.807) is 0 Å². The highest BCUT2D eigenvalue weighted by atomic mass is 19.4.